The first kappa shape index (κ1) is 14.9. The number of halogens is 1. The molecule has 0 saturated carbocycles. The van der Waals surface area contributed by atoms with Crippen molar-refractivity contribution in [3.8, 4) is 9.88 Å². The van der Waals surface area contributed by atoms with Crippen molar-refractivity contribution in [3.63, 3.8) is 0 Å². The first-order valence-corrected chi connectivity index (χ1v) is 8.51. The molecule has 3 aromatic rings. The van der Waals surface area contributed by atoms with Crippen LogP contribution < -0.4 is 5.32 Å². The Labute approximate surface area is 135 Å². The molecule has 6 heteroatoms. The van der Waals surface area contributed by atoms with E-state index in [1.54, 1.807) is 34.9 Å². The number of nitrogens with one attached hydrogen (secondary N) is 1. The minimum absolute atomic E-state index is 0.226. The zero-order chi connectivity index (χ0) is 15.4. The topological polar surface area (TPSA) is 42.0 Å². The van der Waals surface area contributed by atoms with Crippen LogP contribution >= 0.6 is 22.7 Å². The molecular weight excluding hydrogens is 319 g/mol. The average molecular weight is 332 g/mol. The maximum Gasteiger partial charge on any atom is 0.270 e. The summed E-state index contributed by atoms with van der Waals surface area (Å²) in [6, 6.07) is 10.5. The largest absolute Gasteiger partial charge is 0.350 e. The highest BCUT2D eigenvalue weighted by Crippen LogP contribution is 2.27. The van der Waals surface area contributed by atoms with Gasteiger partial charge in [-0.3, -0.25) is 4.79 Å². The Morgan fingerprint density at radius 1 is 1.18 bits per heavy atom. The number of nitrogens with zero attached hydrogens (tertiary/aromatic N) is 1. The van der Waals surface area contributed by atoms with Gasteiger partial charge in [0.25, 0.3) is 5.91 Å². The number of aromatic nitrogens is 1. The normalized spacial score (nSPS) is 10.6. The van der Waals surface area contributed by atoms with Crippen molar-refractivity contribution in [1.82, 2.24) is 10.3 Å². The molecule has 0 atom stereocenters. The fourth-order valence-corrected chi connectivity index (χ4v) is 3.61. The minimum Gasteiger partial charge on any atom is -0.350 e. The van der Waals surface area contributed by atoms with Gasteiger partial charge in [0.15, 0.2) is 0 Å². The number of hydrogen-bond acceptors (Lipinski definition) is 4. The van der Waals surface area contributed by atoms with Gasteiger partial charge in [-0.1, -0.05) is 24.3 Å². The molecule has 0 saturated heterocycles. The summed E-state index contributed by atoms with van der Waals surface area (Å²) in [6.07, 6.45) is 0.459. The third-order valence-corrected chi connectivity index (χ3v) is 4.99. The monoisotopic (exact) mass is 332 g/mol. The highest BCUT2D eigenvalue weighted by atomic mass is 32.1. The maximum absolute atomic E-state index is 13.5. The third kappa shape index (κ3) is 3.40. The summed E-state index contributed by atoms with van der Waals surface area (Å²) >= 11 is 3.04. The lowest BCUT2D eigenvalue weighted by atomic mass is 10.1. The van der Waals surface area contributed by atoms with E-state index in [2.05, 4.69) is 10.3 Å². The SMILES string of the molecule is O=C(NCCc1ccccc1F)c1csc(-c2cccs2)n1. The van der Waals surface area contributed by atoms with Crippen molar-refractivity contribution < 1.29 is 9.18 Å². The molecule has 3 nitrogen and oxygen atoms in total. The second-order valence-corrected chi connectivity index (χ2v) is 6.42. The van der Waals surface area contributed by atoms with Crippen molar-refractivity contribution in [1.29, 1.82) is 0 Å². The molecule has 22 heavy (non-hydrogen) atoms. The van der Waals surface area contributed by atoms with Gasteiger partial charge in [0.2, 0.25) is 0 Å². The van der Waals surface area contributed by atoms with Crippen LogP contribution in [0.15, 0.2) is 47.2 Å². The number of hydrogen-bond donors (Lipinski definition) is 1. The zero-order valence-corrected chi connectivity index (χ0v) is 13.2. The van der Waals surface area contributed by atoms with E-state index in [9.17, 15) is 9.18 Å². The predicted octanol–water partition coefficient (Wildman–Crippen LogP) is 3.98. The second-order valence-electron chi connectivity index (χ2n) is 4.61. The molecule has 0 radical (unpaired) electrons. The number of carbonyl (C=O) groups is 1. The Morgan fingerprint density at radius 2 is 2.05 bits per heavy atom. The molecule has 0 unspecified atom stereocenters. The van der Waals surface area contributed by atoms with E-state index in [1.807, 2.05) is 17.5 Å². The minimum atomic E-state index is -0.245. The summed E-state index contributed by atoms with van der Waals surface area (Å²) in [7, 11) is 0. The van der Waals surface area contributed by atoms with Crippen molar-refractivity contribution >= 4 is 28.6 Å². The number of carbonyl (C=O) groups excluding carboxylic acids is 1. The molecule has 112 valence electrons. The Balaban J connectivity index is 1.57. The summed E-state index contributed by atoms with van der Waals surface area (Å²) < 4.78 is 13.5. The lowest BCUT2D eigenvalue weighted by molar-refractivity contribution is 0.0950. The number of benzene rings is 1. The van der Waals surface area contributed by atoms with Crippen LogP contribution in [0.1, 0.15) is 16.1 Å². The number of rotatable bonds is 5. The van der Waals surface area contributed by atoms with Gasteiger partial charge in [-0.15, -0.1) is 22.7 Å². The Hall–Kier alpha value is -2.05. The van der Waals surface area contributed by atoms with Gasteiger partial charge in [-0.05, 0) is 29.5 Å². The Bertz CT molecular complexity index is 768. The van der Waals surface area contributed by atoms with Crippen molar-refractivity contribution in [2.45, 2.75) is 6.42 Å². The predicted molar refractivity (Wildman–Crippen MR) is 87.9 cm³/mol. The van der Waals surface area contributed by atoms with Gasteiger partial charge >= 0.3 is 0 Å². The fourth-order valence-electron chi connectivity index (χ4n) is 1.99. The molecule has 0 spiro atoms. The summed E-state index contributed by atoms with van der Waals surface area (Å²) in [6.45, 7) is 0.381. The Morgan fingerprint density at radius 3 is 2.82 bits per heavy atom. The summed E-state index contributed by atoms with van der Waals surface area (Å²) in [5.74, 6) is -0.471. The van der Waals surface area contributed by atoms with Crippen molar-refractivity contribution in [3.05, 3.63) is 64.2 Å². The first-order valence-electron chi connectivity index (χ1n) is 6.75. The molecule has 0 aliphatic heterocycles. The zero-order valence-electron chi connectivity index (χ0n) is 11.6. The van der Waals surface area contributed by atoms with Gasteiger partial charge in [-0.25, -0.2) is 9.37 Å². The van der Waals surface area contributed by atoms with Gasteiger partial charge in [0.05, 0.1) is 4.88 Å². The fraction of sp³-hybridized carbons (Fsp3) is 0.125. The quantitative estimate of drug-likeness (QED) is 0.768. The summed E-state index contributed by atoms with van der Waals surface area (Å²) in [4.78, 5) is 17.4. The molecular formula is C16H13FN2OS2. The van der Waals surface area contributed by atoms with Gasteiger partial charge < -0.3 is 5.32 Å². The lowest BCUT2D eigenvalue weighted by Gasteiger charge is -2.04. The van der Waals surface area contributed by atoms with Gasteiger partial charge in [0, 0.05) is 11.9 Å². The molecule has 2 aromatic heterocycles. The van der Waals surface area contributed by atoms with E-state index in [0.717, 1.165) is 9.88 Å². The van der Waals surface area contributed by atoms with E-state index in [0.29, 0.717) is 24.2 Å². The van der Waals surface area contributed by atoms with E-state index in [4.69, 9.17) is 0 Å². The maximum atomic E-state index is 13.5. The molecule has 1 aromatic carbocycles. The van der Waals surface area contributed by atoms with Gasteiger partial charge in [-0.2, -0.15) is 0 Å². The molecule has 1 N–H and O–H groups in total. The van der Waals surface area contributed by atoms with E-state index in [1.165, 1.54) is 17.4 Å². The van der Waals surface area contributed by atoms with Crippen LogP contribution in [0.4, 0.5) is 4.39 Å². The van der Waals surface area contributed by atoms with Crippen LogP contribution in [0.3, 0.4) is 0 Å². The van der Waals surface area contributed by atoms with E-state index < -0.39 is 0 Å². The third-order valence-electron chi connectivity index (χ3n) is 3.11. The molecule has 3 rings (SSSR count). The molecule has 2 heterocycles. The van der Waals surface area contributed by atoms with Crippen LogP contribution in [0.25, 0.3) is 9.88 Å². The molecule has 0 fully saturated rings. The smallest absolute Gasteiger partial charge is 0.270 e. The Kier molecular flexibility index (Phi) is 4.60. The highest BCUT2D eigenvalue weighted by Gasteiger charge is 2.12. The van der Waals surface area contributed by atoms with Crippen LogP contribution in [-0.2, 0) is 6.42 Å². The van der Waals surface area contributed by atoms with E-state index >= 15 is 0 Å². The van der Waals surface area contributed by atoms with Crippen LogP contribution in [0, 0.1) is 5.82 Å². The van der Waals surface area contributed by atoms with Crippen LogP contribution in [0.5, 0.6) is 0 Å². The van der Waals surface area contributed by atoms with Crippen LogP contribution in [0.2, 0.25) is 0 Å². The molecule has 0 aliphatic carbocycles. The number of thiazole rings is 1. The van der Waals surface area contributed by atoms with Crippen molar-refractivity contribution in [2.75, 3.05) is 6.54 Å². The van der Waals surface area contributed by atoms with Gasteiger partial charge in [0.1, 0.15) is 16.5 Å². The average Bonchev–Trinajstić information content (AvgIpc) is 3.20. The van der Waals surface area contributed by atoms with E-state index in [-0.39, 0.29) is 11.7 Å². The highest BCUT2D eigenvalue weighted by molar-refractivity contribution is 7.20. The van der Waals surface area contributed by atoms with Crippen molar-refractivity contribution in [2.24, 2.45) is 0 Å². The number of amides is 1. The summed E-state index contributed by atoms with van der Waals surface area (Å²) in [5.41, 5.74) is 1.00. The summed E-state index contributed by atoms with van der Waals surface area (Å²) in [5, 5.41) is 7.34. The molecule has 0 aliphatic rings. The molecule has 0 bridgehead atoms. The standard InChI is InChI=1S/C16H13FN2OS2/c17-12-5-2-1-4-11(12)7-8-18-15(20)13-10-22-16(19-13)14-6-3-9-21-14/h1-6,9-10H,7-8H2,(H,18,20). The lowest BCUT2D eigenvalue weighted by Crippen LogP contribution is -2.26. The number of thiophene rings is 1. The first-order chi connectivity index (χ1) is 10.7. The van der Waals surface area contributed by atoms with Crippen LogP contribution in [-0.4, -0.2) is 17.4 Å². The molecule has 1 amide bonds. The second kappa shape index (κ2) is 6.81.